The zero-order valence-electron chi connectivity index (χ0n) is 11.5. The fraction of sp³-hybridized carbons (Fsp3) is 0.267. The van der Waals surface area contributed by atoms with E-state index >= 15 is 0 Å². The number of fused-ring (bicyclic) bond motifs is 1. The maximum Gasteiger partial charge on any atom is 0.235 e. The van der Waals surface area contributed by atoms with Gasteiger partial charge in [-0.2, -0.15) is 0 Å². The van der Waals surface area contributed by atoms with Gasteiger partial charge in [0.15, 0.2) is 22.5 Å². The number of halogens is 1. The predicted octanol–water partition coefficient (Wildman–Crippen LogP) is 2.93. The number of nitrogens with zero attached hydrogens (tertiary/aromatic N) is 3. The van der Waals surface area contributed by atoms with Gasteiger partial charge in [0.2, 0.25) is 12.7 Å². The second-order valence-electron chi connectivity index (χ2n) is 5.20. The van der Waals surface area contributed by atoms with Crippen LogP contribution in [0.1, 0.15) is 12.8 Å². The molecular formula is C15H12ClN3O3. The summed E-state index contributed by atoms with van der Waals surface area (Å²) in [5.74, 6) is 1.79. The van der Waals surface area contributed by atoms with Crippen molar-refractivity contribution in [2.24, 2.45) is 5.92 Å². The third kappa shape index (κ3) is 2.35. The number of carbonyl (C=O) groups is 1. The number of benzene rings is 1. The molecule has 7 heteroatoms. The van der Waals surface area contributed by atoms with Crippen molar-refractivity contribution < 1.29 is 14.3 Å². The minimum Gasteiger partial charge on any atom is -0.454 e. The van der Waals surface area contributed by atoms with E-state index in [9.17, 15) is 4.79 Å². The Hall–Kier alpha value is -2.34. The van der Waals surface area contributed by atoms with Crippen LogP contribution in [0.5, 0.6) is 11.5 Å². The zero-order chi connectivity index (χ0) is 15.1. The summed E-state index contributed by atoms with van der Waals surface area (Å²) >= 11 is 5.78. The lowest BCUT2D eigenvalue weighted by atomic mass is 10.2. The third-order valence-corrected chi connectivity index (χ3v) is 3.81. The Morgan fingerprint density at radius 3 is 2.68 bits per heavy atom. The Labute approximate surface area is 131 Å². The molecule has 4 rings (SSSR count). The monoisotopic (exact) mass is 317 g/mol. The highest BCUT2D eigenvalue weighted by atomic mass is 35.5. The number of rotatable bonds is 3. The Balaban J connectivity index is 1.76. The molecule has 0 atom stereocenters. The van der Waals surface area contributed by atoms with Crippen molar-refractivity contribution in [1.29, 1.82) is 0 Å². The lowest BCUT2D eigenvalue weighted by molar-refractivity contribution is -0.119. The van der Waals surface area contributed by atoms with E-state index in [1.165, 1.54) is 0 Å². The lowest BCUT2D eigenvalue weighted by Crippen LogP contribution is -2.28. The van der Waals surface area contributed by atoms with E-state index in [0.29, 0.717) is 23.0 Å². The Bertz CT molecular complexity index is 731. The molecule has 2 aliphatic rings. The van der Waals surface area contributed by atoms with Gasteiger partial charge in [-0.05, 0) is 37.1 Å². The van der Waals surface area contributed by atoms with Crippen LogP contribution in [0.3, 0.4) is 0 Å². The number of amides is 1. The van der Waals surface area contributed by atoms with Gasteiger partial charge in [0.05, 0.1) is 5.69 Å². The fourth-order valence-corrected chi connectivity index (χ4v) is 2.44. The Morgan fingerprint density at radius 2 is 1.95 bits per heavy atom. The molecule has 0 bridgehead atoms. The van der Waals surface area contributed by atoms with Crippen LogP contribution in [0, 0.1) is 5.92 Å². The molecule has 6 nitrogen and oxygen atoms in total. The lowest BCUT2D eigenvalue weighted by Gasteiger charge is -2.21. The van der Waals surface area contributed by atoms with Crippen molar-refractivity contribution in [2.75, 3.05) is 11.7 Å². The largest absolute Gasteiger partial charge is 0.454 e. The molecule has 1 amide bonds. The van der Waals surface area contributed by atoms with Crippen LogP contribution in [0.4, 0.5) is 11.5 Å². The molecule has 0 unspecified atom stereocenters. The molecule has 1 aromatic carbocycles. The predicted molar refractivity (Wildman–Crippen MR) is 79.5 cm³/mol. The first-order valence-electron chi connectivity index (χ1n) is 6.95. The summed E-state index contributed by atoms with van der Waals surface area (Å²) in [6.07, 6.45) is 1.81. The first-order chi connectivity index (χ1) is 10.7. The topological polar surface area (TPSA) is 64.6 Å². The second-order valence-corrected chi connectivity index (χ2v) is 5.59. The van der Waals surface area contributed by atoms with Crippen LogP contribution in [0.15, 0.2) is 30.3 Å². The van der Waals surface area contributed by atoms with Gasteiger partial charge in [0.1, 0.15) is 0 Å². The van der Waals surface area contributed by atoms with E-state index < -0.39 is 0 Å². The van der Waals surface area contributed by atoms with Crippen LogP contribution in [-0.4, -0.2) is 22.9 Å². The number of carbonyl (C=O) groups excluding carboxylic acids is 1. The molecule has 0 N–H and O–H groups in total. The zero-order valence-corrected chi connectivity index (χ0v) is 12.3. The smallest absolute Gasteiger partial charge is 0.235 e. The van der Waals surface area contributed by atoms with Gasteiger partial charge in [-0.1, -0.05) is 11.6 Å². The summed E-state index contributed by atoms with van der Waals surface area (Å²) in [4.78, 5) is 14.2. The number of hydrogen-bond donors (Lipinski definition) is 0. The highest BCUT2D eigenvalue weighted by Crippen LogP contribution is 2.40. The van der Waals surface area contributed by atoms with Crippen molar-refractivity contribution >= 4 is 29.0 Å². The average molecular weight is 318 g/mol. The van der Waals surface area contributed by atoms with Crippen molar-refractivity contribution in [2.45, 2.75) is 12.8 Å². The molecule has 0 spiro atoms. The van der Waals surface area contributed by atoms with Crippen LogP contribution < -0.4 is 14.4 Å². The van der Waals surface area contributed by atoms with Crippen LogP contribution in [0.25, 0.3) is 0 Å². The summed E-state index contributed by atoms with van der Waals surface area (Å²) in [6.45, 7) is 0.191. The van der Waals surface area contributed by atoms with Gasteiger partial charge >= 0.3 is 0 Å². The summed E-state index contributed by atoms with van der Waals surface area (Å²) in [6, 6.07) is 8.67. The van der Waals surface area contributed by atoms with Gasteiger partial charge < -0.3 is 9.47 Å². The number of aromatic nitrogens is 2. The van der Waals surface area contributed by atoms with Crippen molar-refractivity contribution in [3.05, 3.63) is 35.5 Å². The SMILES string of the molecule is O=C(C1CC1)N(c1ccc2c(c1)OCO2)c1ccc(Cl)nn1. The second kappa shape index (κ2) is 5.14. The molecule has 2 aromatic rings. The first-order valence-corrected chi connectivity index (χ1v) is 7.33. The maximum absolute atomic E-state index is 12.6. The summed E-state index contributed by atoms with van der Waals surface area (Å²) in [5, 5.41) is 8.14. The minimum absolute atomic E-state index is 0.00971. The van der Waals surface area contributed by atoms with Gasteiger partial charge in [0.25, 0.3) is 0 Å². The van der Waals surface area contributed by atoms with E-state index in [1.807, 2.05) is 6.07 Å². The summed E-state index contributed by atoms with van der Waals surface area (Å²) < 4.78 is 10.7. The quantitative estimate of drug-likeness (QED) is 0.871. The normalized spacial score (nSPS) is 15.7. The third-order valence-electron chi connectivity index (χ3n) is 3.61. The standard InChI is InChI=1S/C15H12ClN3O3/c16-13-5-6-14(18-17-13)19(15(20)9-1-2-9)10-3-4-11-12(7-10)22-8-21-11/h3-7,9H,1-2,8H2. The van der Waals surface area contributed by atoms with E-state index in [2.05, 4.69) is 10.2 Å². The van der Waals surface area contributed by atoms with Crippen LogP contribution in [0.2, 0.25) is 5.15 Å². The van der Waals surface area contributed by atoms with Gasteiger partial charge in [-0.25, -0.2) is 0 Å². The van der Waals surface area contributed by atoms with E-state index in [4.69, 9.17) is 21.1 Å². The molecule has 0 radical (unpaired) electrons. The van der Waals surface area contributed by atoms with Crippen LogP contribution in [-0.2, 0) is 4.79 Å². The molecule has 0 saturated heterocycles. The minimum atomic E-state index is 0.00971. The highest BCUT2D eigenvalue weighted by Gasteiger charge is 2.36. The number of ether oxygens (including phenoxy) is 2. The Morgan fingerprint density at radius 1 is 1.14 bits per heavy atom. The maximum atomic E-state index is 12.6. The fourth-order valence-electron chi connectivity index (χ4n) is 2.34. The molecule has 112 valence electrons. The highest BCUT2D eigenvalue weighted by molar-refractivity contribution is 6.29. The molecule has 1 aromatic heterocycles. The summed E-state index contributed by atoms with van der Waals surface area (Å²) in [5.41, 5.74) is 0.678. The molecule has 1 aliphatic heterocycles. The van der Waals surface area contributed by atoms with Crippen LogP contribution >= 0.6 is 11.6 Å². The van der Waals surface area contributed by atoms with E-state index in [-0.39, 0.29) is 23.8 Å². The molecular weight excluding hydrogens is 306 g/mol. The Kier molecular flexibility index (Phi) is 3.11. The van der Waals surface area contributed by atoms with Gasteiger partial charge in [0, 0.05) is 12.0 Å². The molecule has 1 saturated carbocycles. The van der Waals surface area contributed by atoms with E-state index in [0.717, 1.165) is 12.8 Å². The molecule has 1 aliphatic carbocycles. The molecule has 1 fully saturated rings. The summed E-state index contributed by atoms with van der Waals surface area (Å²) in [7, 11) is 0. The average Bonchev–Trinajstić information content (AvgIpc) is 3.27. The number of hydrogen-bond acceptors (Lipinski definition) is 5. The van der Waals surface area contributed by atoms with Crippen molar-refractivity contribution in [1.82, 2.24) is 10.2 Å². The first kappa shape index (κ1) is 13.3. The van der Waals surface area contributed by atoms with Gasteiger partial charge in [-0.3, -0.25) is 9.69 Å². The van der Waals surface area contributed by atoms with Crippen molar-refractivity contribution in [3.63, 3.8) is 0 Å². The molecule has 2 heterocycles. The van der Waals surface area contributed by atoms with E-state index in [1.54, 1.807) is 29.2 Å². The molecule has 22 heavy (non-hydrogen) atoms. The number of anilines is 2. The van der Waals surface area contributed by atoms with Crippen molar-refractivity contribution in [3.8, 4) is 11.5 Å². The van der Waals surface area contributed by atoms with Gasteiger partial charge in [-0.15, -0.1) is 10.2 Å².